The normalized spacial score (nSPS) is 12.8. The second kappa shape index (κ2) is 16.4. The molecular weight excluding hydrogens is 440 g/mol. The number of hydrogen-bond donors (Lipinski definition) is 0. The van der Waals surface area contributed by atoms with E-state index in [0.717, 1.165) is 25.1 Å². The van der Waals surface area contributed by atoms with Gasteiger partial charge in [-0.25, -0.2) is 0 Å². The van der Waals surface area contributed by atoms with E-state index in [1.54, 1.807) is 16.7 Å². The lowest BCUT2D eigenvalue weighted by Crippen LogP contribution is -2.39. The molecule has 0 saturated carbocycles. The van der Waals surface area contributed by atoms with Crippen LogP contribution in [-0.4, -0.2) is 86.1 Å². The number of thioether (sulfide) groups is 1. The maximum absolute atomic E-state index is 12.8. The molecule has 0 saturated heterocycles. The molecule has 33 heavy (non-hydrogen) atoms. The lowest BCUT2D eigenvalue weighted by Gasteiger charge is -2.26. The zero-order valence-electron chi connectivity index (χ0n) is 22.4. The molecule has 0 aliphatic rings. The number of carbonyl (C=O) groups excluding carboxylic acids is 3. The summed E-state index contributed by atoms with van der Waals surface area (Å²) in [5.74, 6) is 1.31. The van der Waals surface area contributed by atoms with Gasteiger partial charge in [-0.1, -0.05) is 34.6 Å². The lowest BCUT2D eigenvalue weighted by atomic mass is 9.84. The molecule has 1 amide bonds. The molecule has 0 N–H and O–H groups in total. The third-order valence-corrected chi connectivity index (χ3v) is 6.08. The van der Waals surface area contributed by atoms with E-state index in [-0.39, 0.29) is 43.5 Å². The minimum atomic E-state index is -0.562. The Labute approximate surface area is 206 Å². The van der Waals surface area contributed by atoms with Gasteiger partial charge in [0.2, 0.25) is 5.91 Å². The highest BCUT2D eigenvalue weighted by atomic mass is 32.2. The summed E-state index contributed by atoms with van der Waals surface area (Å²) in [5, 5.41) is 0. The highest BCUT2D eigenvalue weighted by Crippen LogP contribution is 2.26. The molecule has 1 unspecified atom stereocenters. The van der Waals surface area contributed by atoms with Crippen molar-refractivity contribution >= 4 is 29.6 Å². The fourth-order valence-corrected chi connectivity index (χ4v) is 4.60. The van der Waals surface area contributed by atoms with E-state index >= 15 is 0 Å². The fraction of sp³-hybridized carbons (Fsp3) is 0.880. The summed E-state index contributed by atoms with van der Waals surface area (Å²) in [7, 11) is 4.00. The van der Waals surface area contributed by atoms with Crippen molar-refractivity contribution in [1.29, 1.82) is 0 Å². The lowest BCUT2D eigenvalue weighted by molar-refractivity contribution is -0.156. The molecule has 0 rings (SSSR count). The number of hydrogen-bond acceptors (Lipinski definition) is 7. The van der Waals surface area contributed by atoms with Crippen LogP contribution < -0.4 is 0 Å². The van der Waals surface area contributed by atoms with Crippen LogP contribution in [0.1, 0.15) is 61.3 Å². The summed E-state index contributed by atoms with van der Waals surface area (Å²) >= 11 is 1.57. The monoisotopic (exact) mass is 488 g/mol. The van der Waals surface area contributed by atoms with Gasteiger partial charge in [-0.05, 0) is 52.6 Å². The summed E-state index contributed by atoms with van der Waals surface area (Å²) in [4.78, 5) is 41.2. The third-order valence-electron chi connectivity index (χ3n) is 5.16. The van der Waals surface area contributed by atoms with Gasteiger partial charge in [0.1, 0.15) is 13.2 Å². The molecule has 0 aliphatic carbocycles. The van der Waals surface area contributed by atoms with Gasteiger partial charge >= 0.3 is 11.9 Å². The van der Waals surface area contributed by atoms with Gasteiger partial charge in [-0.2, -0.15) is 11.8 Å². The molecule has 0 aromatic carbocycles. The Balaban J connectivity index is 4.79. The molecule has 0 aromatic rings. The second-order valence-electron chi connectivity index (χ2n) is 10.6. The van der Waals surface area contributed by atoms with Crippen molar-refractivity contribution in [2.45, 2.75) is 61.3 Å². The van der Waals surface area contributed by atoms with Crippen LogP contribution in [0.4, 0.5) is 0 Å². The zero-order chi connectivity index (χ0) is 25.6. The zero-order valence-corrected chi connectivity index (χ0v) is 23.3. The first-order valence-electron chi connectivity index (χ1n) is 12.1. The van der Waals surface area contributed by atoms with Gasteiger partial charge in [0.05, 0.1) is 30.2 Å². The van der Waals surface area contributed by atoms with Crippen LogP contribution in [0.15, 0.2) is 0 Å². The molecule has 0 spiro atoms. The predicted octanol–water partition coefficient (Wildman–Crippen LogP) is 3.95. The van der Waals surface area contributed by atoms with Crippen molar-refractivity contribution in [2.24, 2.45) is 23.2 Å². The first kappa shape index (κ1) is 31.7. The summed E-state index contributed by atoms with van der Waals surface area (Å²) in [5.41, 5.74) is -0.562. The van der Waals surface area contributed by atoms with Gasteiger partial charge in [0.15, 0.2) is 0 Å². The van der Waals surface area contributed by atoms with Crippen LogP contribution >= 0.6 is 11.8 Å². The maximum Gasteiger partial charge on any atom is 0.311 e. The van der Waals surface area contributed by atoms with Gasteiger partial charge in [0.25, 0.3) is 0 Å². The van der Waals surface area contributed by atoms with Crippen molar-refractivity contribution in [3.63, 3.8) is 0 Å². The Morgan fingerprint density at radius 1 is 0.879 bits per heavy atom. The number of nitrogens with zero attached hydrogens (tertiary/aromatic N) is 2. The van der Waals surface area contributed by atoms with Gasteiger partial charge in [0, 0.05) is 12.3 Å². The molecular formula is C25H48N2O5S. The van der Waals surface area contributed by atoms with Crippen molar-refractivity contribution in [3.05, 3.63) is 0 Å². The average molecular weight is 489 g/mol. The van der Waals surface area contributed by atoms with Crippen molar-refractivity contribution in [2.75, 3.05) is 58.4 Å². The third kappa shape index (κ3) is 15.3. The second-order valence-corrected chi connectivity index (χ2v) is 11.7. The number of rotatable bonds is 17. The van der Waals surface area contributed by atoms with Crippen molar-refractivity contribution < 1.29 is 23.9 Å². The number of esters is 2. The summed E-state index contributed by atoms with van der Waals surface area (Å²) in [6.07, 6.45) is 1.51. The highest BCUT2D eigenvalue weighted by molar-refractivity contribution is 7.99. The molecule has 0 aliphatic heterocycles. The van der Waals surface area contributed by atoms with E-state index in [1.807, 2.05) is 34.9 Å². The Hall–Kier alpha value is -1.28. The Morgan fingerprint density at radius 2 is 1.45 bits per heavy atom. The van der Waals surface area contributed by atoms with Crippen LogP contribution in [0, 0.1) is 23.2 Å². The van der Waals surface area contributed by atoms with Gasteiger partial charge in [-0.15, -0.1) is 0 Å². The van der Waals surface area contributed by atoms with Gasteiger partial charge < -0.3 is 19.3 Å². The molecule has 0 radical (unpaired) electrons. The number of amides is 1. The van der Waals surface area contributed by atoms with E-state index in [4.69, 9.17) is 9.47 Å². The van der Waals surface area contributed by atoms with E-state index in [0.29, 0.717) is 24.1 Å². The first-order chi connectivity index (χ1) is 15.3. The molecule has 7 nitrogen and oxygen atoms in total. The minimum absolute atomic E-state index is 0.0393. The van der Waals surface area contributed by atoms with Crippen LogP contribution in [0.2, 0.25) is 0 Å². The Kier molecular flexibility index (Phi) is 15.7. The summed E-state index contributed by atoms with van der Waals surface area (Å²) in [6, 6.07) is 0. The van der Waals surface area contributed by atoms with E-state index in [2.05, 4.69) is 32.6 Å². The van der Waals surface area contributed by atoms with E-state index < -0.39 is 5.41 Å². The first-order valence-corrected chi connectivity index (χ1v) is 13.3. The molecule has 8 heteroatoms. The topological polar surface area (TPSA) is 76.1 Å². The number of ether oxygens (including phenoxy) is 2. The van der Waals surface area contributed by atoms with Crippen LogP contribution in [-0.2, 0) is 23.9 Å². The van der Waals surface area contributed by atoms with E-state index in [9.17, 15) is 14.4 Å². The molecule has 194 valence electrons. The number of carbonyl (C=O) groups is 3. The predicted molar refractivity (Wildman–Crippen MR) is 136 cm³/mol. The van der Waals surface area contributed by atoms with E-state index in [1.165, 1.54) is 0 Å². The largest absolute Gasteiger partial charge is 0.464 e. The highest BCUT2D eigenvalue weighted by Gasteiger charge is 2.30. The Bertz CT molecular complexity index is 593. The maximum atomic E-state index is 12.8. The standard InChI is InChI=1S/C25H48N2O5S/c1-19(2)16-21(5)23(29)31-13-10-27(22(28)18-33-15-12-26(8)9)11-14-32-24(30)25(6,7)17-20(3)4/h19-21H,10-18H2,1-9H3. The molecule has 0 fully saturated rings. The Morgan fingerprint density at radius 3 is 1.97 bits per heavy atom. The smallest absolute Gasteiger partial charge is 0.311 e. The molecule has 1 atom stereocenters. The van der Waals surface area contributed by atoms with Crippen molar-refractivity contribution in [3.8, 4) is 0 Å². The summed E-state index contributed by atoms with van der Waals surface area (Å²) < 4.78 is 10.9. The van der Waals surface area contributed by atoms with Gasteiger partial charge in [-0.3, -0.25) is 14.4 Å². The molecule has 0 heterocycles. The molecule has 0 bridgehead atoms. The average Bonchev–Trinajstić information content (AvgIpc) is 2.67. The SMILES string of the molecule is CC(C)CC(C)C(=O)OCCN(CCOC(=O)C(C)(C)CC(C)C)C(=O)CSCCN(C)C. The summed E-state index contributed by atoms with van der Waals surface area (Å²) in [6.45, 7) is 15.7. The molecule has 0 aromatic heterocycles. The van der Waals surface area contributed by atoms with Crippen LogP contribution in [0.25, 0.3) is 0 Å². The fourth-order valence-electron chi connectivity index (χ4n) is 3.61. The quantitative estimate of drug-likeness (QED) is 0.227. The van der Waals surface area contributed by atoms with Crippen molar-refractivity contribution in [1.82, 2.24) is 9.80 Å². The minimum Gasteiger partial charge on any atom is -0.464 e. The van der Waals surface area contributed by atoms with Crippen LogP contribution in [0.5, 0.6) is 0 Å². The van der Waals surface area contributed by atoms with Crippen LogP contribution in [0.3, 0.4) is 0 Å².